The molecular weight excluding hydrogens is 396 g/mol. The highest BCUT2D eigenvalue weighted by Crippen LogP contribution is 2.30. The van der Waals surface area contributed by atoms with E-state index < -0.39 is 5.63 Å². The van der Waals surface area contributed by atoms with Crippen LogP contribution in [0.25, 0.3) is 33.0 Å². The van der Waals surface area contributed by atoms with Gasteiger partial charge >= 0.3 is 5.63 Å². The Hall–Kier alpha value is -3.77. The molecular formula is C24H16N2O3S. The predicted molar refractivity (Wildman–Crippen MR) is 121 cm³/mol. The van der Waals surface area contributed by atoms with E-state index in [1.807, 2.05) is 60.0 Å². The van der Waals surface area contributed by atoms with Crippen molar-refractivity contribution in [3.63, 3.8) is 0 Å². The lowest BCUT2D eigenvalue weighted by atomic mass is 10.0. The fourth-order valence-electron chi connectivity index (χ4n) is 3.42. The molecule has 0 radical (unpaired) electrons. The third-order valence-electron chi connectivity index (χ3n) is 4.96. The predicted octanol–water partition coefficient (Wildman–Crippen LogP) is 6.02. The Kier molecular flexibility index (Phi) is 4.41. The quantitative estimate of drug-likeness (QED) is 0.222. The van der Waals surface area contributed by atoms with Crippen LogP contribution < -0.4 is 10.9 Å². The number of hydrogen-bond donors (Lipinski definition) is 1. The van der Waals surface area contributed by atoms with E-state index in [1.54, 1.807) is 12.1 Å². The van der Waals surface area contributed by atoms with Crippen molar-refractivity contribution in [3.8, 4) is 11.3 Å². The van der Waals surface area contributed by atoms with E-state index in [4.69, 9.17) is 4.42 Å². The van der Waals surface area contributed by atoms with Gasteiger partial charge in [0.1, 0.15) is 5.58 Å². The highest BCUT2D eigenvalue weighted by atomic mass is 32.1. The molecule has 0 unspecified atom stereocenters. The van der Waals surface area contributed by atoms with Crippen molar-refractivity contribution in [3.05, 3.63) is 88.1 Å². The first-order chi connectivity index (χ1) is 14.6. The van der Waals surface area contributed by atoms with Gasteiger partial charge in [0, 0.05) is 22.0 Å². The van der Waals surface area contributed by atoms with Crippen LogP contribution in [0.1, 0.15) is 17.3 Å². The summed E-state index contributed by atoms with van der Waals surface area (Å²) >= 11 is 1.40. The number of nitrogens with zero attached hydrogens (tertiary/aromatic N) is 1. The second-order valence-corrected chi connectivity index (χ2v) is 7.80. The first-order valence-electron chi connectivity index (χ1n) is 9.38. The molecule has 0 bridgehead atoms. The molecule has 3 aromatic carbocycles. The smallest absolute Gasteiger partial charge is 0.345 e. The molecule has 0 aliphatic rings. The standard InChI is InChI=1S/C24H16N2O3S/c1-14(27)15-6-9-17(10-7-15)25-24-26-21(13-30-24)20-12-19-18-5-3-2-4-16(18)8-11-22(19)29-23(20)28/h2-13H,1H3,(H,25,26). The molecule has 1 N–H and O–H groups in total. The Bertz CT molecular complexity index is 1470. The maximum Gasteiger partial charge on any atom is 0.345 e. The van der Waals surface area contributed by atoms with Gasteiger partial charge < -0.3 is 9.73 Å². The van der Waals surface area contributed by atoms with Crippen molar-refractivity contribution in [1.29, 1.82) is 0 Å². The number of fused-ring (bicyclic) bond motifs is 3. The lowest BCUT2D eigenvalue weighted by molar-refractivity contribution is 0.101. The first kappa shape index (κ1) is 18.3. The maximum atomic E-state index is 12.6. The summed E-state index contributed by atoms with van der Waals surface area (Å²) in [6, 6.07) is 20.8. The minimum Gasteiger partial charge on any atom is -0.422 e. The van der Waals surface area contributed by atoms with Crippen LogP contribution in [0.5, 0.6) is 0 Å². The van der Waals surface area contributed by atoms with Gasteiger partial charge in [-0.25, -0.2) is 9.78 Å². The zero-order valence-electron chi connectivity index (χ0n) is 16.0. The summed E-state index contributed by atoms with van der Waals surface area (Å²) in [4.78, 5) is 28.6. The van der Waals surface area contributed by atoms with E-state index in [1.165, 1.54) is 18.3 Å². The van der Waals surface area contributed by atoms with Gasteiger partial charge in [0.2, 0.25) is 0 Å². The van der Waals surface area contributed by atoms with Crippen LogP contribution in [0.15, 0.2) is 81.3 Å². The zero-order valence-corrected chi connectivity index (χ0v) is 16.8. The number of benzene rings is 3. The Morgan fingerprint density at radius 3 is 2.60 bits per heavy atom. The molecule has 0 saturated carbocycles. The van der Waals surface area contributed by atoms with Gasteiger partial charge in [0.15, 0.2) is 10.9 Å². The van der Waals surface area contributed by atoms with Crippen molar-refractivity contribution in [2.24, 2.45) is 0 Å². The maximum absolute atomic E-state index is 12.6. The fraction of sp³-hybridized carbons (Fsp3) is 0.0417. The Morgan fingerprint density at radius 1 is 1.00 bits per heavy atom. The third-order valence-corrected chi connectivity index (χ3v) is 5.72. The fourth-order valence-corrected chi connectivity index (χ4v) is 4.15. The van der Waals surface area contributed by atoms with Gasteiger partial charge in [-0.1, -0.05) is 30.3 Å². The molecule has 0 atom stereocenters. The summed E-state index contributed by atoms with van der Waals surface area (Å²) in [7, 11) is 0. The molecule has 30 heavy (non-hydrogen) atoms. The van der Waals surface area contributed by atoms with E-state index in [0.29, 0.717) is 27.5 Å². The van der Waals surface area contributed by atoms with Crippen molar-refractivity contribution in [2.45, 2.75) is 6.92 Å². The average Bonchev–Trinajstić information content (AvgIpc) is 3.21. The molecule has 0 amide bonds. The number of hydrogen-bond acceptors (Lipinski definition) is 6. The van der Waals surface area contributed by atoms with E-state index in [2.05, 4.69) is 10.3 Å². The molecule has 0 spiro atoms. The molecule has 0 saturated heterocycles. The van der Waals surface area contributed by atoms with Crippen molar-refractivity contribution < 1.29 is 9.21 Å². The summed E-state index contributed by atoms with van der Waals surface area (Å²) in [5.41, 5.74) is 2.60. The Labute approximate surface area is 175 Å². The minimum absolute atomic E-state index is 0.0219. The highest BCUT2D eigenvalue weighted by molar-refractivity contribution is 7.14. The molecule has 0 fully saturated rings. The molecule has 2 aromatic heterocycles. The lowest BCUT2D eigenvalue weighted by Crippen LogP contribution is -2.03. The van der Waals surface area contributed by atoms with Crippen LogP contribution in [0.4, 0.5) is 10.8 Å². The number of rotatable bonds is 4. The van der Waals surface area contributed by atoms with E-state index in [9.17, 15) is 9.59 Å². The van der Waals surface area contributed by atoms with Gasteiger partial charge in [-0.2, -0.15) is 0 Å². The molecule has 2 heterocycles. The summed E-state index contributed by atoms with van der Waals surface area (Å²) < 4.78 is 5.58. The lowest BCUT2D eigenvalue weighted by Gasteiger charge is -2.05. The van der Waals surface area contributed by atoms with Crippen LogP contribution in [0, 0.1) is 0 Å². The number of aromatic nitrogens is 1. The van der Waals surface area contributed by atoms with Crippen molar-refractivity contribution >= 4 is 49.7 Å². The number of carbonyl (C=O) groups excluding carboxylic acids is 1. The zero-order chi connectivity index (χ0) is 20.7. The normalized spacial score (nSPS) is 11.1. The molecule has 5 nitrogen and oxygen atoms in total. The highest BCUT2D eigenvalue weighted by Gasteiger charge is 2.13. The van der Waals surface area contributed by atoms with E-state index in [-0.39, 0.29) is 5.78 Å². The van der Waals surface area contributed by atoms with Crippen LogP contribution >= 0.6 is 11.3 Å². The topological polar surface area (TPSA) is 72.2 Å². The molecule has 5 aromatic rings. The van der Waals surface area contributed by atoms with Gasteiger partial charge in [0.25, 0.3) is 0 Å². The van der Waals surface area contributed by atoms with Gasteiger partial charge in [-0.05, 0) is 54.1 Å². The molecule has 6 heteroatoms. The average molecular weight is 412 g/mol. The van der Waals surface area contributed by atoms with Crippen LogP contribution in [-0.4, -0.2) is 10.8 Å². The largest absolute Gasteiger partial charge is 0.422 e. The van der Waals surface area contributed by atoms with Gasteiger partial charge in [0.05, 0.1) is 11.3 Å². The SMILES string of the molecule is CC(=O)c1ccc(Nc2nc(-c3cc4c(ccc5ccccc54)oc3=O)cs2)cc1. The number of thiazole rings is 1. The Morgan fingerprint density at radius 2 is 1.80 bits per heavy atom. The van der Waals surface area contributed by atoms with Crippen LogP contribution in [0.3, 0.4) is 0 Å². The molecule has 0 aliphatic heterocycles. The van der Waals surface area contributed by atoms with E-state index in [0.717, 1.165) is 21.8 Å². The van der Waals surface area contributed by atoms with E-state index >= 15 is 0 Å². The number of nitrogens with one attached hydrogen (secondary N) is 1. The first-order valence-corrected chi connectivity index (χ1v) is 10.3. The molecule has 5 rings (SSSR count). The van der Waals surface area contributed by atoms with Crippen LogP contribution in [-0.2, 0) is 0 Å². The summed E-state index contributed by atoms with van der Waals surface area (Å²) in [6.45, 7) is 1.54. The summed E-state index contributed by atoms with van der Waals surface area (Å²) in [5, 5.41) is 8.68. The van der Waals surface area contributed by atoms with Gasteiger partial charge in [-0.15, -0.1) is 11.3 Å². The molecule has 146 valence electrons. The second-order valence-electron chi connectivity index (χ2n) is 6.94. The second kappa shape index (κ2) is 7.24. The van der Waals surface area contributed by atoms with Crippen molar-refractivity contribution in [2.75, 3.05) is 5.32 Å². The summed E-state index contributed by atoms with van der Waals surface area (Å²) in [6.07, 6.45) is 0. The summed E-state index contributed by atoms with van der Waals surface area (Å²) in [5.74, 6) is 0.0219. The third kappa shape index (κ3) is 3.27. The Balaban J connectivity index is 1.52. The van der Waals surface area contributed by atoms with Gasteiger partial charge in [-0.3, -0.25) is 4.79 Å². The number of anilines is 2. The number of carbonyl (C=O) groups is 1. The number of ketones is 1. The monoisotopic (exact) mass is 412 g/mol. The minimum atomic E-state index is -0.416. The van der Waals surface area contributed by atoms with Crippen molar-refractivity contribution in [1.82, 2.24) is 4.98 Å². The molecule has 0 aliphatic carbocycles. The van der Waals surface area contributed by atoms with Crippen LogP contribution in [0.2, 0.25) is 0 Å². The number of Topliss-reactive ketones (excluding diaryl/α,β-unsaturated/α-hetero) is 1.